The molecule has 2 N–H and O–H groups in total. The van der Waals surface area contributed by atoms with Crippen molar-refractivity contribution < 1.29 is 9.90 Å². The van der Waals surface area contributed by atoms with Crippen LogP contribution in [0.3, 0.4) is 0 Å². The maximum Gasteiger partial charge on any atom is 0.304 e. The van der Waals surface area contributed by atoms with Crippen LogP contribution in [0.4, 0.5) is 0 Å². The van der Waals surface area contributed by atoms with Crippen LogP contribution in [-0.2, 0) is 11.2 Å². The maximum absolute atomic E-state index is 10.4. The number of aryl methyl sites for hydroxylation is 1. The molecule has 0 radical (unpaired) electrons. The van der Waals surface area contributed by atoms with Gasteiger partial charge in [-0.2, -0.15) is 0 Å². The van der Waals surface area contributed by atoms with Crippen LogP contribution < -0.4 is 5.32 Å². The molecule has 1 aromatic heterocycles. The summed E-state index contributed by atoms with van der Waals surface area (Å²) in [5, 5.41) is 11.8. The molecule has 1 unspecified atom stereocenters. The zero-order valence-electron chi connectivity index (χ0n) is 8.12. The predicted octanol–water partition coefficient (Wildman–Crippen LogP) is 2.45. The number of hydrogen-bond acceptors (Lipinski definition) is 3. The average Bonchev–Trinajstić information content (AvgIpc) is 2.65. The van der Waals surface area contributed by atoms with E-state index in [9.17, 15) is 4.79 Å². The molecule has 0 spiro atoms. The molecule has 1 aromatic rings. The minimum atomic E-state index is -0.760. The second kappa shape index (κ2) is 4.51. The molecule has 0 amide bonds. The van der Waals surface area contributed by atoms with E-state index < -0.39 is 5.97 Å². The summed E-state index contributed by atoms with van der Waals surface area (Å²) in [6, 6.07) is 2.29. The zero-order chi connectivity index (χ0) is 10.8. The SMILES string of the molecule is O=C(O)CCNC1CCc2sc(Cl)cc21. The van der Waals surface area contributed by atoms with Crippen molar-refractivity contribution in [1.82, 2.24) is 5.32 Å². The van der Waals surface area contributed by atoms with Crippen LogP contribution >= 0.6 is 22.9 Å². The first-order chi connectivity index (χ1) is 7.16. The molecule has 1 aliphatic carbocycles. The summed E-state index contributed by atoms with van der Waals surface area (Å²) in [5.74, 6) is -0.760. The Morgan fingerprint density at radius 2 is 2.53 bits per heavy atom. The summed E-state index contributed by atoms with van der Waals surface area (Å²) in [5.41, 5.74) is 1.26. The normalized spacial score (nSPS) is 19.1. The van der Waals surface area contributed by atoms with Crippen LogP contribution in [0, 0.1) is 0 Å². The van der Waals surface area contributed by atoms with Gasteiger partial charge in [0.25, 0.3) is 0 Å². The number of carboxylic acid groups (broad SMARTS) is 1. The van der Waals surface area contributed by atoms with Gasteiger partial charge in [0.05, 0.1) is 10.8 Å². The summed E-state index contributed by atoms with van der Waals surface area (Å²) in [6.07, 6.45) is 2.28. The van der Waals surface area contributed by atoms with E-state index in [-0.39, 0.29) is 6.42 Å². The van der Waals surface area contributed by atoms with Crippen LogP contribution in [0.15, 0.2) is 6.07 Å². The van der Waals surface area contributed by atoms with E-state index in [4.69, 9.17) is 16.7 Å². The molecule has 15 heavy (non-hydrogen) atoms. The van der Waals surface area contributed by atoms with Crippen molar-refractivity contribution in [1.29, 1.82) is 0 Å². The third-order valence-corrected chi connectivity index (χ3v) is 3.92. The van der Waals surface area contributed by atoms with Crippen LogP contribution in [-0.4, -0.2) is 17.6 Å². The van der Waals surface area contributed by atoms with Crippen molar-refractivity contribution in [3.63, 3.8) is 0 Å². The van der Waals surface area contributed by atoms with Gasteiger partial charge in [-0.1, -0.05) is 11.6 Å². The van der Waals surface area contributed by atoms with Gasteiger partial charge in [0.2, 0.25) is 0 Å². The number of thiophene rings is 1. The first-order valence-electron chi connectivity index (χ1n) is 4.90. The lowest BCUT2D eigenvalue weighted by Gasteiger charge is -2.11. The fourth-order valence-corrected chi connectivity index (χ4v) is 3.25. The number of aliphatic carboxylic acids is 1. The van der Waals surface area contributed by atoms with Crippen LogP contribution in [0.1, 0.15) is 29.3 Å². The second-order valence-corrected chi connectivity index (χ2v) is 5.39. The molecule has 0 aromatic carbocycles. The third-order valence-electron chi connectivity index (χ3n) is 2.58. The molecule has 0 saturated heterocycles. The van der Waals surface area contributed by atoms with Crippen molar-refractivity contribution >= 4 is 28.9 Å². The monoisotopic (exact) mass is 245 g/mol. The lowest BCUT2D eigenvalue weighted by molar-refractivity contribution is -0.136. The molecule has 0 fully saturated rings. The van der Waals surface area contributed by atoms with Crippen LogP contribution in [0.2, 0.25) is 4.34 Å². The quantitative estimate of drug-likeness (QED) is 0.857. The topological polar surface area (TPSA) is 49.3 Å². The smallest absolute Gasteiger partial charge is 0.304 e. The molecule has 82 valence electrons. The Balaban J connectivity index is 1.92. The molecule has 1 aliphatic rings. The van der Waals surface area contributed by atoms with Gasteiger partial charge in [-0.05, 0) is 24.5 Å². The number of carbonyl (C=O) groups is 1. The second-order valence-electron chi connectivity index (χ2n) is 3.62. The Morgan fingerprint density at radius 1 is 1.73 bits per heavy atom. The van der Waals surface area contributed by atoms with Gasteiger partial charge >= 0.3 is 5.97 Å². The molecular weight excluding hydrogens is 234 g/mol. The van der Waals surface area contributed by atoms with Gasteiger partial charge in [0, 0.05) is 17.5 Å². The minimum Gasteiger partial charge on any atom is -0.481 e. The van der Waals surface area contributed by atoms with Crippen LogP contribution in [0.5, 0.6) is 0 Å². The molecule has 0 saturated carbocycles. The van der Waals surface area contributed by atoms with Gasteiger partial charge in [-0.3, -0.25) is 4.79 Å². The summed E-state index contributed by atoms with van der Waals surface area (Å²) in [4.78, 5) is 11.7. The number of nitrogens with one attached hydrogen (secondary N) is 1. The van der Waals surface area contributed by atoms with E-state index in [0.29, 0.717) is 12.6 Å². The van der Waals surface area contributed by atoms with E-state index in [1.54, 1.807) is 11.3 Å². The Morgan fingerprint density at radius 3 is 3.27 bits per heavy atom. The maximum atomic E-state index is 10.4. The molecule has 1 heterocycles. The van der Waals surface area contributed by atoms with Crippen molar-refractivity contribution in [2.24, 2.45) is 0 Å². The zero-order valence-corrected chi connectivity index (χ0v) is 9.70. The van der Waals surface area contributed by atoms with E-state index >= 15 is 0 Å². The minimum absolute atomic E-state index is 0.170. The van der Waals surface area contributed by atoms with Gasteiger partial charge in [0.15, 0.2) is 0 Å². The highest BCUT2D eigenvalue weighted by atomic mass is 35.5. The highest BCUT2D eigenvalue weighted by Gasteiger charge is 2.24. The van der Waals surface area contributed by atoms with Crippen molar-refractivity contribution in [2.75, 3.05) is 6.54 Å². The summed E-state index contributed by atoms with van der Waals surface area (Å²) in [6.45, 7) is 0.521. The third kappa shape index (κ3) is 2.51. The van der Waals surface area contributed by atoms with E-state index in [1.807, 2.05) is 6.07 Å². The van der Waals surface area contributed by atoms with Crippen molar-refractivity contribution in [3.05, 3.63) is 20.8 Å². The Bertz CT molecular complexity index is 377. The number of halogens is 1. The standard InChI is InChI=1S/C10H12ClNO2S/c11-9-5-6-7(1-2-8(6)15-9)12-4-3-10(13)14/h5,7,12H,1-4H2,(H,13,14). The first kappa shape index (κ1) is 10.9. The molecule has 5 heteroatoms. The van der Waals surface area contributed by atoms with Gasteiger partial charge in [0.1, 0.15) is 0 Å². The molecule has 0 bridgehead atoms. The molecular formula is C10H12ClNO2S. The largest absolute Gasteiger partial charge is 0.481 e. The van der Waals surface area contributed by atoms with Crippen LogP contribution in [0.25, 0.3) is 0 Å². The summed E-state index contributed by atoms with van der Waals surface area (Å²) < 4.78 is 0.824. The lowest BCUT2D eigenvalue weighted by Crippen LogP contribution is -2.22. The first-order valence-corrected chi connectivity index (χ1v) is 6.09. The highest BCUT2D eigenvalue weighted by Crippen LogP contribution is 2.39. The van der Waals surface area contributed by atoms with Gasteiger partial charge in [-0.15, -0.1) is 11.3 Å². The van der Waals surface area contributed by atoms with Crippen molar-refractivity contribution in [2.45, 2.75) is 25.3 Å². The number of fused-ring (bicyclic) bond motifs is 1. The fraction of sp³-hybridized carbons (Fsp3) is 0.500. The Labute approximate surface area is 97.1 Å². The average molecular weight is 246 g/mol. The van der Waals surface area contributed by atoms with E-state index in [1.165, 1.54) is 10.4 Å². The van der Waals surface area contributed by atoms with Gasteiger partial charge in [-0.25, -0.2) is 0 Å². The summed E-state index contributed by atoms with van der Waals surface area (Å²) in [7, 11) is 0. The molecule has 1 atom stereocenters. The number of carboxylic acids is 1. The molecule has 2 rings (SSSR count). The number of hydrogen-bond donors (Lipinski definition) is 2. The molecule has 3 nitrogen and oxygen atoms in total. The van der Waals surface area contributed by atoms with E-state index in [2.05, 4.69) is 5.32 Å². The lowest BCUT2D eigenvalue weighted by atomic mass is 10.2. The highest BCUT2D eigenvalue weighted by molar-refractivity contribution is 7.16. The fourth-order valence-electron chi connectivity index (χ4n) is 1.90. The van der Waals surface area contributed by atoms with E-state index in [0.717, 1.165) is 17.2 Å². The van der Waals surface area contributed by atoms with Crippen molar-refractivity contribution in [3.8, 4) is 0 Å². The molecule has 0 aliphatic heterocycles. The summed E-state index contributed by atoms with van der Waals surface area (Å²) >= 11 is 7.55. The van der Waals surface area contributed by atoms with Gasteiger partial charge < -0.3 is 10.4 Å². The predicted molar refractivity (Wildman–Crippen MR) is 60.6 cm³/mol. The Hall–Kier alpha value is -0.580. The number of rotatable bonds is 4. The Kier molecular flexibility index (Phi) is 3.29.